The molecule has 3 aliphatic rings. The van der Waals surface area contributed by atoms with Gasteiger partial charge in [-0.3, -0.25) is 19.4 Å². The molecule has 1 aliphatic carbocycles. The van der Waals surface area contributed by atoms with E-state index in [9.17, 15) is 9.59 Å². The van der Waals surface area contributed by atoms with Gasteiger partial charge < -0.3 is 10.2 Å². The zero-order valence-electron chi connectivity index (χ0n) is 16.0. The van der Waals surface area contributed by atoms with Crippen molar-refractivity contribution in [2.45, 2.75) is 44.9 Å². The van der Waals surface area contributed by atoms with Gasteiger partial charge in [-0.05, 0) is 44.9 Å². The molecule has 1 N–H and O–H groups in total. The smallest absolute Gasteiger partial charge is 0.236 e. The maximum Gasteiger partial charge on any atom is 0.236 e. The molecular formula is C20H34N4O2. The minimum atomic E-state index is 0.128. The lowest BCUT2D eigenvalue weighted by Crippen LogP contribution is -2.51. The standard InChI is InChI=1S/C20H34N4O2/c25-19(21-9-8-18-6-2-1-3-7-18)16-22-12-14-23(15-13-22)17-20(26)24-10-4-5-11-24/h6H,1-5,7-17H2,(H,21,25). The van der Waals surface area contributed by atoms with E-state index in [1.807, 2.05) is 4.90 Å². The zero-order valence-corrected chi connectivity index (χ0v) is 16.0. The average molecular weight is 363 g/mol. The van der Waals surface area contributed by atoms with E-state index < -0.39 is 0 Å². The molecule has 6 heteroatoms. The summed E-state index contributed by atoms with van der Waals surface area (Å²) in [6, 6.07) is 0. The van der Waals surface area contributed by atoms with Gasteiger partial charge in [-0.2, -0.15) is 0 Å². The fourth-order valence-corrected chi connectivity index (χ4v) is 4.12. The van der Waals surface area contributed by atoms with E-state index >= 15 is 0 Å². The number of nitrogens with zero attached hydrogens (tertiary/aromatic N) is 3. The van der Waals surface area contributed by atoms with Crippen LogP contribution in [-0.4, -0.2) is 85.4 Å². The van der Waals surface area contributed by atoms with Gasteiger partial charge in [0.15, 0.2) is 0 Å². The zero-order chi connectivity index (χ0) is 18.2. The Morgan fingerprint density at radius 2 is 1.58 bits per heavy atom. The normalized spacial score (nSPS) is 22.3. The summed E-state index contributed by atoms with van der Waals surface area (Å²) in [6.07, 6.45) is 10.6. The minimum absolute atomic E-state index is 0.128. The number of carbonyl (C=O) groups excluding carboxylic acids is 2. The first kappa shape index (κ1) is 19.4. The Labute approximate surface area is 157 Å². The van der Waals surface area contributed by atoms with E-state index in [4.69, 9.17) is 0 Å². The van der Waals surface area contributed by atoms with E-state index in [1.54, 1.807) is 0 Å². The largest absolute Gasteiger partial charge is 0.355 e. The van der Waals surface area contributed by atoms with Crippen LogP contribution in [0, 0.1) is 0 Å². The van der Waals surface area contributed by atoms with Crippen molar-refractivity contribution < 1.29 is 9.59 Å². The first-order valence-electron chi connectivity index (χ1n) is 10.4. The maximum atomic E-state index is 12.2. The fraction of sp³-hybridized carbons (Fsp3) is 0.800. The molecular weight excluding hydrogens is 328 g/mol. The predicted octanol–water partition coefficient (Wildman–Crippen LogP) is 1.23. The lowest BCUT2D eigenvalue weighted by atomic mass is 9.97. The number of nitrogens with one attached hydrogen (secondary N) is 1. The summed E-state index contributed by atoms with van der Waals surface area (Å²) in [6.45, 7) is 7.11. The summed E-state index contributed by atoms with van der Waals surface area (Å²) >= 11 is 0. The van der Waals surface area contributed by atoms with Crippen molar-refractivity contribution in [3.8, 4) is 0 Å². The second-order valence-electron chi connectivity index (χ2n) is 7.85. The van der Waals surface area contributed by atoms with Gasteiger partial charge >= 0.3 is 0 Å². The van der Waals surface area contributed by atoms with Gasteiger partial charge in [-0.25, -0.2) is 0 Å². The molecule has 0 saturated carbocycles. The van der Waals surface area contributed by atoms with Crippen LogP contribution in [0.1, 0.15) is 44.9 Å². The molecule has 0 aromatic rings. The monoisotopic (exact) mass is 362 g/mol. The third-order valence-corrected chi connectivity index (χ3v) is 5.80. The number of amides is 2. The molecule has 3 rings (SSSR count). The number of piperazine rings is 1. The molecule has 0 unspecified atom stereocenters. The fourth-order valence-electron chi connectivity index (χ4n) is 4.12. The van der Waals surface area contributed by atoms with Gasteiger partial charge in [0, 0.05) is 45.8 Å². The topological polar surface area (TPSA) is 55.9 Å². The molecule has 0 bridgehead atoms. The summed E-state index contributed by atoms with van der Waals surface area (Å²) in [5, 5.41) is 3.06. The Kier molecular flexibility index (Phi) is 7.50. The highest BCUT2D eigenvalue weighted by Gasteiger charge is 2.24. The molecule has 2 fully saturated rings. The highest BCUT2D eigenvalue weighted by Crippen LogP contribution is 2.19. The van der Waals surface area contributed by atoms with Crippen molar-refractivity contribution in [3.63, 3.8) is 0 Å². The molecule has 146 valence electrons. The van der Waals surface area contributed by atoms with Crippen LogP contribution < -0.4 is 5.32 Å². The van der Waals surface area contributed by atoms with Crippen molar-refractivity contribution in [1.29, 1.82) is 0 Å². The number of carbonyl (C=O) groups is 2. The second kappa shape index (κ2) is 10.1. The van der Waals surface area contributed by atoms with Gasteiger partial charge in [-0.15, -0.1) is 0 Å². The quantitative estimate of drug-likeness (QED) is 0.692. The van der Waals surface area contributed by atoms with Crippen molar-refractivity contribution in [3.05, 3.63) is 11.6 Å². The molecule has 0 aromatic carbocycles. The van der Waals surface area contributed by atoms with Gasteiger partial charge in [0.1, 0.15) is 0 Å². The van der Waals surface area contributed by atoms with Crippen molar-refractivity contribution >= 4 is 11.8 Å². The van der Waals surface area contributed by atoms with E-state index in [0.717, 1.165) is 65.1 Å². The lowest BCUT2D eigenvalue weighted by molar-refractivity contribution is -0.132. The molecule has 0 atom stereocenters. The second-order valence-corrected chi connectivity index (χ2v) is 7.85. The summed E-state index contributed by atoms with van der Waals surface area (Å²) in [7, 11) is 0. The van der Waals surface area contributed by atoms with Gasteiger partial charge in [0.05, 0.1) is 13.1 Å². The maximum absolute atomic E-state index is 12.2. The minimum Gasteiger partial charge on any atom is -0.355 e. The van der Waals surface area contributed by atoms with Crippen LogP contribution in [0.5, 0.6) is 0 Å². The predicted molar refractivity (Wildman–Crippen MR) is 103 cm³/mol. The Balaban J connectivity index is 1.27. The molecule has 6 nitrogen and oxygen atoms in total. The Bertz CT molecular complexity index is 506. The first-order chi connectivity index (χ1) is 12.7. The van der Waals surface area contributed by atoms with Gasteiger partial charge in [0.2, 0.25) is 11.8 Å². The summed E-state index contributed by atoms with van der Waals surface area (Å²) in [5.74, 6) is 0.397. The highest BCUT2D eigenvalue weighted by molar-refractivity contribution is 5.79. The summed E-state index contributed by atoms with van der Waals surface area (Å²) < 4.78 is 0. The van der Waals surface area contributed by atoms with Gasteiger partial charge in [-0.1, -0.05) is 11.6 Å². The highest BCUT2D eigenvalue weighted by atomic mass is 16.2. The lowest BCUT2D eigenvalue weighted by Gasteiger charge is -2.34. The average Bonchev–Trinajstić information content (AvgIpc) is 3.19. The Morgan fingerprint density at radius 3 is 2.23 bits per heavy atom. The van der Waals surface area contributed by atoms with E-state index in [1.165, 1.54) is 31.3 Å². The third-order valence-electron chi connectivity index (χ3n) is 5.80. The van der Waals surface area contributed by atoms with Crippen LogP contribution in [0.3, 0.4) is 0 Å². The first-order valence-corrected chi connectivity index (χ1v) is 10.4. The number of hydrogen-bond acceptors (Lipinski definition) is 4. The Morgan fingerprint density at radius 1 is 0.885 bits per heavy atom. The molecule has 26 heavy (non-hydrogen) atoms. The SMILES string of the molecule is O=C(CN1CCN(CC(=O)N2CCCC2)CC1)NCCC1=CCCCC1. The van der Waals surface area contributed by atoms with Crippen LogP contribution in [0.15, 0.2) is 11.6 Å². The number of rotatable bonds is 7. The molecule has 2 amide bonds. The number of allylic oxidation sites excluding steroid dienone is 1. The Hall–Kier alpha value is -1.40. The van der Waals surface area contributed by atoms with Crippen LogP contribution in [0.25, 0.3) is 0 Å². The molecule has 2 aliphatic heterocycles. The summed E-state index contributed by atoms with van der Waals surface area (Å²) in [4.78, 5) is 30.8. The van der Waals surface area contributed by atoms with E-state index in [0.29, 0.717) is 13.1 Å². The van der Waals surface area contributed by atoms with Crippen LogP contribution in [0.2, 0.25) is 0 Å². The van der Waals surface area contributed by atoms with Crippen LogP contribution >= 0.6 is 0 Å². The molecule has 2 heterocycles. The molecule has 0 aromatic heterocycles. The summed E-state index contributed by atoms with van der Waals surface area (Å²) in [5.41, 5.74) is 1.51. The number of hydrogen-bond donors (Lipinski definition) is 1. The van der Waals surface area contributed by atoms with E-state index in [-0.39, 0.29) is 11.8 Å². The van der Waals surface area contributed by atoms with Crippen molar-refractivity contribution in [2.24, 2.45) is 0 Å². The van der Waals surface area contributed by atoms with Crippen LogP contribution in [0.4, 0.5) is 0 Å². The van der Waals surface area contributed by atoms with Crippen molar-refractivity contribution in [1.82, 2.24) is 20.0 Å². The van der Waals surface area contributed by atoms with Gasteiger partial charge in [0.25, 0.3) is 0 Å². The molecule has 0 radical (unpaired) electrons. The number of likely N-dealkylation sites (tertiary alicyclic amines) is 1. The van der Waals surface area contributed by atoms with Crippen LogP contribution in [-0.2, 0) is 9.59 Å². The van der Waals surface area contributed by atoms with E-state index in [2.05, 4.69) is 21.2 Å². The van der Waals surface area contributed by atoms with Crippen molar-refractivity contribution in [2.75, 3.05) is 58.9 Å². The third kappa shape index (κ3) is 6.09. The molecule has 2 saturated heterocycles. The molecule has 0 spiro atoms.